The van der Waals surface area contributed by atoms with Gasteiger partial charge in [0.15, 0.2) is 11.6 Å². The molecular formula is C28H23N5O4. The summed E-state index contributed by atoms with van der Waals surface area (Å²) in [4.78, 5) is 38.0. The van der Waals surface area contributed by atoms with Crippen LogP contribution in [0.4, 0.5) is 0 Å². The van der Waals surface area contributed by atoms with Gasteiger partial charge < -0.3 is 25.1 Å². The highest BCUT2D eigenvalue weighted by molar-refractivity contribution is 5.96. The second-order valence-corrected chi connectivity index (χ2v) is 8.41. The molecule has 2 heterocycles. The van der Waals surface area contributed by atoms with Gasteiger partial charge in [-0.3, -0.25) is 14.6 Å². The van der Waals surface area contributed by atoms with Crippen LogP contribution in [-0.4, -0.2) is 45.8 Å². The van der Waals surface area contributed by atoms with E-state index in [0.717, 1.165) is 0 Å². The Labute approximate surface area is 212 Å². The summed E-state index contributed by atoms with van der Waals surface area (Å²) in [7, 11) is 3.40. The number of imidazole rings is 1. The molecule has 0 fully saturated rings. The number of nitrogens with two attached hydrogens (primary N) is 1. The van der Waals surface area contributed by atoms with Crippen molar-refractivity contribution in [2.24, 2.45) is 5.73 Å². The van der Waals surface area contributed by atoms with Gasteiger partial charge in [-0.15, -0.1) is 0 Å². The second-order valence-electron chi connectivity index (χ2n) is 8.41. The molecule has 5 aromatic rings. The predicted molar refractivity (Wildman–Crippen MR) is 139 cm³/mol. The summed E-state index contributed by atoms with van der Waals surface area (Å²) in [6.45, 7) is 0. The van der Waals surface area contributed by atoms with Crippen LogP contribution in [0.3, 0.4) is 0 Å². The van der Waals surface area contributed by atoms with Crippen LogP contribution >= 0.6 is 0 Å². The monoisotopic (exact) mass is 493 g/mol. The van der Waals surface area contributed by atoms with Gasteiger partial charge in [0.05, 0.1) is 11.1 Å². The third kappa shape index (κ3) is 4.96. The van der Waals surface area contributed by atoms with E-state index < -0.39 is 5.91 Å². The number of amides is 2. The molecule has 9 nitrogen and oxygen atoms in total. The predicted octanol–water partition coefficient (Wildman–Crippen LogP) is 5.01. The average molecular weight is 494 g/mol. The zero-order chi connectivity index (χ0) is 25.9. The molecular weight excluding hydrogens is 470 g/mol. The number of nitrogens with one attached hydrogen (secondary N) is 1. The number of benzene rings is 3. The summed E-state index contributed by atoms with van der Waals surface area (Å²) < 4.78 is 12.2. The lowest BCUT2D eigenvalue weighted by Crippen LogP contribution is -2.21. The van der Waals surface area contributed by atoms with Gasteiger partial charge in [-0.25, -0.2) is 4.98 Å². The van der Waals surface area contributed by atoms with Crippen LogP contribution < -0.4 is 15.2 Å². The number of H-pyrrole nitrogens is 1. The van der Waals surface area contributed by atoms with E-state index in [1.54, 1.807) is 81.0 Å². The average Bonchev–Trinajstić information content (AvgIpc) is 3.34. The highest BCUT2D eigenvalue weighted by Crippen LogP contribution is 2.37. The minimum atomic E-state index is -0.609. The molecule has 3 aromatic carbocycles. The maximum atomic E-state index is 12.2. The van der Waals surface area contributed by atoms with Crippen molar-refractivity contribution in [2.75, 3.05) is 14.1 Å². The number of carbonyl (C=O) groups is 2. The first-order chi connectivity index (χ1) is 17.9. The maximum Gasteiger partial charge on any atom is 0.253 e. The van der Waals surface area contributed by atoms with E-state index in [1.807, 2.05) is 18.2 Å². The minimum absolute atomic E-state index is 0.101. The van der Waals surface area contributed by atoms with Gasteiger partial charge in [0.1, 0.15) is 28.5 Å². The van der Waals surface area contributed by atoms with Gasteiger partial charge in [-0.2, -0.15) is 0 Å². The number of aromatic amines is 1. The van der Waals surface area contributed by atoms with Gasteiger partial charge >= 0.3 is 0 Å². The van der Waals surface area contributed by atoms with Gasteiger partial charge in [-0.05, 0) is 48.5 Å². The van der Waals surface area contributed by atoms with E-state index in [-0.39, 0.29) is 11.5 Å². The summed E-state index contributed by atoms with van der Waals surface area (Å²) in [5.41, 5.74) is 8.16. The van der Waals surface area contributed by atoms with Crippen molar-refractivity contribution < 1.29 is 19.1 Å². The van der Waals surface area contributed by atoms with Gasteiger partial charge in [0.2, 0.25) is 0 Å². The molecule has 0 aliphatic rings. The number of para-hydroxylation sites is 1. The number of ether oxygens (including phenoxy) is 2. The van der Waals surface area contributed by atoms with Crippen molar-refractivity contribution in [1.29, 1.82) is 0 Å². The van der Waals surface area contributed by atoms with Gasteiger partial charge in [-0.1, -0.05) is 18.2 Å². The highest BCUT2D eigenvalue weighted by atomic mass is 16.5. The smallest absolute Gasteiger partial charge is 0.253 e. The van der Waals surface area contributed by atoms with Gasteiger partial charge in [0.25, 0.3) is 11.8 Å². The Kier molecular flexibility index (Phi) is 6.25. The third-order valence-electron chi connectivity index (χ3n) is 5.55. The molecule has 0 bridgehead atoms. The van der Waals surface area contributed by atoms with Crippen molar-refractivity contribution >= 4 is 22.8 Å². The number of carbonyl (C=O) groups excluding carboxylic acids is 2. The largest absolute Gasteiger partial charge is 0.457 e. The fourth-order valence-electron chi connectivity index (χ4n) is 3.76. The number of primary amides is 1. The Morgan fingerprint density at radius 3 is 2.32 bits per heavy atom. The van der Waals surface area contributed by atoms with E-state index >= 15 is 0 Å². The molecule has 0 unspecified atom stereocenters. The van der Waals surface area contributed by atoms with Crippen molar-refractivity contribution in [3.8, 4) is 34.5 Å². The molecule has 0 spiro atoms. The Morgan fingerprint density at radius 2 is 1.62 bits per heavy atom. The zero-order valence-corrected chi connectivity index (χ0v) is 20.1. The Bertz CT molecular complexity index is 1590. The topological polar surface area (TPSA) is 123 Å². The first-order valence-electron chi connectivity index (χ1n) is 11.4. The molecule has 0 radical (unpaired) electrons. The Morgan fingerprint density at radius 1 is 0.865 bits per heavy atom. The number of nitrogens with zero attached hydrogens (tertiary/aromatic N) is 3. The van der Waals surface area contributed by atoms with Crippen LogP contribution in [0, 0.1) is 0 Å². The van der Waals surface area contributed by atoms with E-state index in [4.69, 9.17) is 20.2 Å². The fraction of sp³-hybridized carbons (Fsp3) is 0.0714. The molecule has 5 rings (SSSR count). The van der Waals surface area contributed by atoms with Crippen LogP contribution in [0.1, 0.15) is 20.7 Å². The molecule has 2 amide bonds. The van der Waals surface area contributed by atoms with E-state index in [9.17, 15) is 9.59 Å². The molecule has 0 aliphatic carbocycles. The zero-order valence-electron chi connectivity index (χ0n) is 20.1. The SMILES string of the molecule is CN(C)C(=O)c1ccc(Oc2cc(Oc3ccccc3C(N)=O)c3nc(-c4ccccn4)[nH]c3c2)cc1. The summed E-state index contributed by atoms with van der Waals surface area (Å²) in [5.74, 6) is 1.48. The van der Waals surface area contributed by atoms with Crippen LogP contribution in [0.15, 0.2) is 85.1 Å². The summed E-state index contributed by atoms with van der Waals surface area (Å²) in [5, 5.41) is 0. The Balaban J connectivity index is 1.56. The number of fused-ring (bicyclic) bond motifs is 1. The molecule has 0 saturated heterocycles. The summed E-state index contributed by atoms with van der Waals surface area (Å²) in [6.07, 6.45) is 1.68. The van der Waals surface area contributed by atoms with E-state index in [0.29, 0.717) is 51.1 Å². The van der Waals surface area contributed by atoms with Crippen molar-refractivity contribution in [1.82, 2.24) is 19.9 Å². The molecule has 0 atom stereocenters. The third-order valence-corrected chi connectivity index (χ3v) is 5.55. The van der Waals surface area contributed by atoms with E-state index in [2.05, 4.69) is 9.97 Å². The number of hydrogen-bond donors (Lipinski definition) is 2. The molecule has 0 aliphatic heterocycles. The van der Waals surface area contributed by atoms with Crippen molar-refractivity contribution in [3.63, 3.8) is 0 Å². The Hall–Kier alpha value is -5.18. The molecule has 3 N–H and O–H groups in total. The first kappa shape index (κ1) is 23.6. The minimum Gasteiger partial charge on any atom is -0.457 e. The second kappa shape index (κ2) is 9.82. The lowest BCUT2D eigenvalue weighted by atomic mass is 10.2. The fourth-order valence-corrected chi connectivity index (χ4v) is 3.76. The van der Waals surface area contributed by atoms with Crippen LogP contribution in [0.5, 0.6) is 23.0 Å². The van der Waals surface area contributed by atoms with Crippen LogP contribution in [0.2, 0.25) is 0 Å². The standard InChI is InChI=1S/C28H23N5O4/c1-33(2)28(35)17-10-12-18(13-11-17)36-19-15-22-25(32-27(31-22)21-8-5-6-14-30-21)24(16-19)37-23-9-4-3-7-20(23)26(29)34/h3-16H,1-2H3,(H2,29,34)(H,31,32). The summed E-state index contributed by atoms with van der Waals surface area (Å²) >= 11 is 0. The first-order valence-corrected chi connectivity index (χ1v) is 11.4. The maximum absolute atomic E-state index is 12.2. The number of rotatable bonds is 7. The molecule has 9 heteroatoms. The lowest BCUT2D eigenvalue weighted by molar-refractivity contribution is 0.0827. The lowest BCUT2D eigenvalue weighted by Gasteiger charge is -2.13. The van der Waals surface area contributed by atoms with Crippen molar-refractivity contribution in [2.45, 2.75) is 0 Å². The normalized spacial score (nSPS) is 10.8. The number of pyridine rings is 1. The number of aromatic nitrogens is 3. The van der Waals surface area contributed by atoms with Gasteiger partial charge in [0, 0.05) is 38.0 Å². The molecule has 184 valence electrons. The molecule has 2 aromatic heterocycles. The van der Waals surface area contributed by atoms with Crippen LogP contribution in [-0.2, 0) is 0 Å². The van der Waals surface area contributed by atoms with Crippen LogP contribution in [0.25, 0.3) is 22.6 Å². The van der Waals surface area contributed by atoms with E-state index in [1.165, 1.54) is 4.90 Å². The highest BCUT2D eigenvalue weighted by Gasteiger charge is 2.17. The molecule has 0 saturated carbocycles. The molecule has 37 heavy (non-hydrogen) atoms. The summed E-state index contributed by atoms with van der Waals surface area (Å²) in [6, 6.07) is 22.6. The number of hydrogen-bond acceptors (Lipinski definition) is 6. The van der Waals surface area contributed by atoms with Crippen molar-refractivity contribution in [3.05, 3.63) is 96.2 Å². The quantitative estimate of drug-likeness (QED) is 0.328.